The van der Waals surface area contributed by atoms with Crippen LogP contribution in [0, 0.1) is 5.41 Å². The molecule has 1 N–H and O–H groups in total. The van der Waals surface area contributed by atoms with Crippen LogP contribution >= 0.6 is 27.3 Å². The average Bonchev–Trinajstić information content (AvgIpc) is 2.51. The average molecular weight is 278 g/mol. The van der Waals surface area contributed by atoms with Crippen LogP contribution in [0.5, 0.6) is 0 Å². The molecular formula is C10H16BrNOS. The summed E-state index contributed by atoms with van der Waals surface area (Å²) in [6, 6.07) is 4.13. The van der Waals surface area contributed by atoms with E-state index < -0.39 is 0 Å². The van der Waals surface area contributed by atoms with E-state index in [-0.39, 0.29) is 12.0 Å². The number of aliphatic hydroxyl groups excluding tert-OH is 1. The minimum atomic E-state index is -0.0504. The van der Waals surface area contributed by atoms with Gasteiger partial charge in [0.15, 0.2) is 0 Å². The van der Waals surface area contributed by atoms with Gasteiger partial charge in [-0.2, -0.15) is 0 Å². The lowest BCUT2D eigenvalue weighted by atomic mass is 9.94. The van der Waals surface area contributed by atoms with Gasteiger partial charge in [0.25, 0.3) is 0 Å². The van der Waals surface area contributed by atoms with E-state index >= 15 is 0 Å². The lowest BCUT2D eigenvalue weighted by molar-refractivity contribution is 0.165. The largest absolute Gasteiger partial charge is 0.396 e. The maximum Gasteiger partial charge on any atom is 0.0917 e. The Morgan fingerprint density at radius 1 is 1.50 bits per heavy atom. The van der Waals surface area contributed by atoms with E-state index in [0.29, 0.717) is 0 Å². The summed E-state index contributed by atoms with van der Waals surface area (Å²) in [5, 5.41) is 10.4. The van der Waals surface area contributed by atoms with Gasteiger partial charge in [0.05, 0.1) is 8.79 Å². The first kappa shape index (κ1) is 12.0. The molecule has 0 radical (unpaired) electrons. The number of nitrogens with zero attached hydrogens (tertiary/aromatic N) is 1. The van der Waals surface area contributed by atoms with Crippen LogP contribution in [-0.2, 0) is 0 Å². The van der Waals surface area contributed by atoms with Crippen LogP contribution in [-0.4, -0.2) is 25.3 Å². The maximum atomic E-state index is 9.16. The van der Waals surface area contributed by atoms with E-state index in [0.717, 1.165) is 10.3 Å². The molecule has 1 aromatic rings. The Balaban J connectivity index is 2.63. The Morgan fingerprint density at radius 2 is 2.14 bits per heavy atom. The zero-order chi connectivity index (χ0) is 10.8. The molecule has 4 heteroatoms. The van der Waals surface area contributed by atoms with Gasteiger partial charge in [-0.05, 0) is 28.1 Å². The summed E-state index contributed by atoms with van der Waals surface area (Å²) < 4.78 is 1.14. The van der Waals surface area contributed by atoms with E-state index in [9.17, 15) is 0 Å². The van der Waals surface area contributed by atoms with Crippen LogP contribution in [0.15, 0.2) is 15.9 Å². The minimum absolute atomic E-state index is 0.0504. The van der Waals surface area contributed by atoms with Crippen molar-refractivity contribution in [3.05, 3.63) is 15.9 Å². The number of hydrogen-bond donors (Lipinski definition) is 1. The van der Waals surface area contributed by atoms with Crippen LogP contribution in [0.3, 0.4) is 0 Å². The summed E-state index contributed by atoms with van der Waals surface area (Å²) in [4.78, 5) is 2.17. The smallest absolute Gasteiger partial charge is 0.0917 e. The first-order chi connectivity index (χ1) is 6.44. The van der Waals surface area contributed by atoms with Crippen molar-refractivity contribution in [2.75, 3.05) is 25.1 Å². The van der Waals surface area contributed by atoms with Crippen molar-refractivity contribution in [1.29, 1.82) is 0 Å². The van der Waals surface area contributed by atoms with E-state index in [1.807, 2.05) is 6.07 Å². The Kier molecular flexibility index (Phi) is 3.98. The monoisotopic (exact) mass is 277 g/mol. The molecule has 1 heterocycles. The second-order valence-electron chi connectivity index (χ2n) is 4.26. The van der Waals surface area contributed by atoms with Crippen LogP contribution < -0.4 is 4.90 Å². The van der Waals surface area contributed by atoms with Crippen molar-refractivity contribution < 1.29 is 5.11 Å². The Labute approximate surface area is 97.7 Å². The molecule has 0 aromatic carbocycles. The van der Waals surface area contributed by atoms with Crippen molar-refractivity contribution in [2.45, 2.75) is 13.8 Å². The van der Waals surface area contributed by atoms with Gasteiger partial charge in [0, 0.05) is 25.6 Å². The summed E-state index contributed by atoms with van der Waals surface area (Å²) in [5.74, 6) is 0. The van der Waals surface area contributed by atoms with E-state index in [4.69, 9.17) is 5.11 Å². The molecule has 0 saturated carbocycles. The van der Waals surface area contributed by atoms with Crippen LogP contribution in [0.25, 0.3) is 0 Å². The van der Waals surface area contributed by atoms with E-state index in [1.165, 1.54) is 5.00 Å². The highest BCUT2D eigenvalue weighted by Crippen LogP contribution is 2.30. The third-order valence-corrected chi connectivity index (χ3v) is 3.77. The van der Waals surface area contributed by atoms with Gasteiger partial charge in [0.2, 0.25) is 0 Å². The number of halogens is 1. The van der Waals surface area contributed by atoms with Crippen molar-refractivity contribution in [2.24, 2.45) is 5.41 Å². The van der Waals surface area contributed by atoms with E-state index in [1.54, 1.807) is 11.3 Å². The fourth-order valence-corrected chi connectivity index (χ4v) is 2.60. The summed E-state index contributed by atoms with van der Waals surface area (Å²) in [6.45, 7) is 5.19. The van der Waals surface area contributed by atoms with Gasteiger partial charge in [0.1, 0.15) is 0 Å². The van der Waals surface area contributed by atoms with Crippen molar-refractivity contribution in [3.63, 3.8) is 0 Å². The molecule has 2 nitrogen and oxygen atoms in total. The Morgan fingerprint density at radius 3 is 2.57 bits per heavy atom. The van der Waals surface area contributed by atoms with Gasteiger partial charge in [-0.25, -0.2) is 0 Å². The standard InChI is InChI=1S/C10H16BrNOS/c1-10(2,7-13)6-12(3)9-5-4-8(11)14-9/h4-5,13H,6-7H2,1-3H3. The van der Waals surface area contributed by atoms with Gasteiger partial charge >= 0.3 is 0 Å². The predicted octanol–water partition coefficient (Wildman–Crippen LogP) is 2.97. The lowest BCUT2D eigenvalue weighted by Crippen LogP contribution is -2.33. The quantitative estimate of drug-likeness (QED) is 0.915. The first-order valence-corrected chi connectivity index (χ1v) is 6.13. The van der Waals surface area contributed by atoms with Gasteiger partial charge < -0.3 is 10.0 Å². The second kappa shape index (κ2) is 4.64. The molecule has 0 aliphatic heterocycles. The summed E-state index contributed by atoms with van der Waals surface area (Å²) in [5.41, 5.74) is -0.0504. The number of rotatable bonds is 4. The number of hydrogen-bond acceptors (Lipinski definition) is 3. The second-order valence-corrected chi connectivity index (χ2v) is 6.70. The molecular weight excluding hydrogens is 262 g/mol. The molecule has 1 aromatic heterocycles. The van der Waals surface area contributed by atoms with Gasteiger partial charge in [-0.1, -0.05) is 13.8 Å². The number of thiophene rings is 1. The normalized spacial score (nSPS) is 11.8. The minimum Gasteiger partial charge on any atom is -0.396 e. The number of aliphatic hydroxyl groups is 1. The molecule has 0 spiro atoms. The zero-order valence-electron chi connectivity index (χ0n) is 8.75. The molecule has 0 amide bonds. The van der Waals surface area contributed by atoms with Gasteiger partial charge in [-0.15, -0.1) is 11.3 Å². The van der Waals surface area contributed by atoms with Crippen molar-refractivity contribution in [1.82, 2.24) is 0 Å². The van der Waals surface area contributed by atoms with Crippen molar-refractivity contribution >= 4 is 32.3 Å². The lowest BCUT2D eigenvalue weighted by Gasteiger charge is -2.28. The predicted molar refractivity (Wildman–Crippen MR) is 66.2 cm³/mol. The highest BCUT2D eigenvalue weighted by Gasteiger charge is 2.19. The Hall–Kier alpha value is -0.0600. The fourth-order valence-electron chi connectivity index (χ4n) is 1.28. The molecule has 80 valence electrons. The fraction of sp³-hybridized carbons (Fsp3) is 0.600. The van der Waals surface area contributed by atoms with E-state index in [2.05, 4.69) is 47.8 Å². The molecule has 0 fully saturated rings. The Bertz CT molecular complexity index is 298. The molecule has 0 aliphatic rings. The van der Waals surface area contributed by atoms with Crippen molar-refractivity contribution in [3.8, 4) is 0 Å². The highest BCUT2D eigenvalue weighted by atomic mass is 79.9. The summed E-state index contributed by atoms with van der Waals surface area (Å²) >= 11 is 5.15. The number of anilines is 1. The molecule has 1 rings (SSSR count). The summed E-state index contributed by atoms with van der Waals surface area (Å²) in [7, 11) is 2.05. The molecule has 0 atom stereocenters. The maximum absolute atomic E-state index is 9.16. The summed E-state index contributed by atoms with van der Waals surface area (Å²) in [6.07, 6.45) is 0. The highest BCUT2D eigenvalue weighted by molar-refractivity contribution is 9.11. The molecule has 0 unspecified atom stereocenters. The topological polar surface area (TPSA) is 23.5 Å². The molecule has 14 heavy (non-hydrogen) atoms. The third kappa shape index (κ3) is 3.26. The molecule has 0 bridgehead atoms. The molecule has 0 aliphatic carbocycles. The van der Waals surface area contributed by atoms with Crippen LogP contribution in [0.2, 0.25) is 0 Å². The van der Waals surface area contributed by atoms with Crippen LogP contribution in [0.4, 0.5) is 5.00 Å². The third-order valence-electron chi connectivity index (χ3n) is 2.03. The molecule has 0 saturated heterocycles. The van der Waals surface area contributed by atoms with Gasteiger partial charge in [-0.3, -0.25) is 0 Å². The van der Waals surface area contributed by atoms with Crippen LogP contribution in [0.1, 0.15) is 13.8 Å². The first-order valence-electron chi connectivity index (χ1n) is 4.52. The SMILES string of the molecule is CN(CC(C)(C)CO)c1ccc(Br)s1. The zero-order valence-corrected chi connectivity index (χ0v) is 11.2.